The zero-order valence-corrected chi connectivity index (χ0v) is 11.1. The molecule has 6 heteroatoms. The highest BCUT2D eigenvalue weighted by atomic mass is 19.2. The maximum absolute atomic E-state index is 13.0. The number of nitrogens with two attached hydrogens (primary N) is 1. The van der Waals surface area contributed by atoms with E-state index in [0.717, 1.165) is 12.1 Å². The number of benzene rings is 1. The van der Waals surface area contributed by atoms with E-state index in [2.05, 4.69) is 11.9 Å². The minimum Gasteiger partial charge on any atom is -0.368 e. The molecule has 0 aliphatic carbocycles. The Morgan fingerprint density at radius 2 is 2.00 bits per heavy atom. The van der Waals surface area contributed by atoms with Crippen LogP contribution in [0.3, 0.4) is 0 Å². The second-order valence-electron chi connectivity index (χ2n) is 4.61. The van der Waals surface area contributed by atoms with Crippen molar-refractivity contribution in [1.29, 1.82) is 0 Å². The summed E-state index contributed by atoms with van der Waals surface area (Å²) < 4.78 is 25.7. The first kappa shape index (κ1) is 15.8. The van der Waals surface area contributed by atoms with Crippen LogP contribution in [0.1, 0.15) is 18.9 Å². The van der Waals surface area contributed by atoms with Gasteiger partial charge in [0.25, 0.3) is 0 Å². The smallest absolute Gasteiger partial charge is 0.240 e. The summed E-state index contributed by atoms with van der Waals surface area (Å²) in [5.74, 6) is -3.18. The highest BCUT2D eigenvalue weighted by molar-refractivity contribution is 5.87. The van der Waals surface area contributed by atoms with Gasteiger partial charge in [-0.05, 0) is 31.0 Å². The number of hydrogen-bond donors (Lipinski definition) is 2. The first-order chi connectivity index (χ1) is 9.29. The van der Waals surface area contributed by atoms with Crippen LogP contribution in [0.15, 0.2) is 30.4 Å². The molecule has 0 bridgehead atoms. The lowest BCUT2D eigenvalue weighted by molar-refractivity contribution is -0.126. The van der Waals surface area contributed by atoms with E-state index in [1.54, 1.807) is 6.92 Å². The molecule has 0 aliphatic heterocycles. The van der Waals surface area contributed by atoms with E-state index in [4.69, 9.17) is 5.73 Å². The van der Waals surface area contributed by atoms with E-state index >= 15 is 0 Å². The van der Waals surface area contributed by atoms with Gasteiger partial charge >= 0.3 is 0 Å². The minimum atomic E-state index is -1.02. The Kier molecular flexibility index (Phi) is 5.37. The zero-order valence-electron chi connectivity index (χ0n) is 11.1. The van der Waals surface area contributed by atoms with Gasteiger partial charge in [0, 0.05) is 0 Å². The molecule has 1 aromatic carbocycles. The van der Waals surface area contributed by atoms with Crippen molar-refractivity contribution in [1.82, 2.24) is 5.32 Å². The number of rotatable bonds is 6. The van der Waals surface area contributed by atoms with Crippen LogP contribution in [0.2, 0.25) is 0 Å². The summed E-state index contributed by atoms with van der Waals surface area (Å²) in [5.41, 5.74) is 6.17. The van der Waals surface area contributed by atoms with Crippen molar-refractivity contribution in [2.24, 2.45) is 5.73 Å². The largest absolute Gasteiger partial charge is 0.368 e. The van der Waals surface area contributed by atoms with Crippen molar-refractivity contribution in [3.63, 3.8) is 0 Å². The number of carbonyl (C=O) groups is 2. The van der Waals surface area contributed by atoms with Crippen LogP contribution in [0.4, 0.5) is 8.78 Å². The molecule has 4 nitrogen and oxygen atoms in total. The monoisotopic (exact) mass is 282 g/mol. The standard InChI is InChI=1S/C14H16F2N2O2/c1-8(2)5-12(14(17)20)18-13(19)7-9-3-4-10(15)11(16)6-9/h3-4,6,12H,1,5,7H2,2H3,(H2,17,20)(H,18,19)/t12-/m0/s1. The second-order valence-corrected chi connectivity index (χ2v) is 4.61. The van der Waals surface area contributed by atoms with Crippen LogP contribution in [-0.4, -0.2) is 17.9 Å². The maximum atomic E-state index is 13.0. The number of primary amides is 1. The third kappa shape index (κ3) is 4.79. The number of halogens is 2. The molecule has 0 spiro atoms. The van der Waals surface area contributed by atoms with Gasteiger partial charge in [-0.2, -0.15) is 0 Å². The van der Waals surface area contributed by atoms with Gasteiger partial charge in [0.15, 0.2) is 11.6 Å². The summed E-state index contributed by atoms with van der Waals surface area (Å²) in [7, 11) is 0. The Hall–Kier alpha value is -2.24. The van der Waals surface area contributed by atoms with E-state index in [1.807, 2.05) is 0 Å². The third-order valence-electron chi connectivity index (χ3n) is 2.58. The summed E-state index contributed by atoms with van der Waals surface area (Å²) in [6, 6.07) is 2.32. The van der Waals surface area contributed by atoms with Gasteiger partial charge in [-0.25, -0.2) is 8.78 Å². The van der Waals surface area contributed by atoms with Crippen LogP contribution in [0, 0.1) is 11.6 Å². The summed E-state index contributed by atoms with van der Waals surface area (Å²) >= 11 is 0. The van der Waals surface area contributed by atoms with E-state index in [1.165, 1.54) is 6.07 Å². The fourth-order valence-electron chi connectivity index (χ4n) is 1.65. The van der Waals surface area contributed by atoms with E-state index in [0.29, 0.717) is 11.1 Å². The minimum absolute atomic E-state index is 0.169. The Balaban J connectivity index is 2.67. The molecule has 0 radical (unpaired) electrons. The molecule has 1 aromatic rings. The van der Waals surface area contributed by atoms with Crippen LogP contribution >= 0.6 is 0 Å². The fraction of sp³-hybridized carbons (Fsp3) is 0.286. The second kappa shape index (κ2) is 6.79. The van der Waals surface area contributed by atoms with Gasteiger partial charge in [0.2, 0.25) is 11.8 Å². The van der Waals surface area contributed by atoms with Crippen molar-refractivity contribution in [3.05, 3.63) is 47.5 Å². The molecule has 0 saturated heterocycles. The number of hydrogen-bond acceptors (Lipinski definition) is 2. The molecule has 0 fully saturated rings. The van der Waals surface area contributed by atoms with Crippen molar-refractivity contribution in [2.45, 2.75) is 25.8 Å². The molecule has 0 heterocycles. The Morgan fingerprint density at radius 1 is 1.35 bits per heavy atom. The number of nitrogens with one attached hydrogen (secondary N) is 1. The number of carbonyl (C=O) groups excluding carboxylic acids is 2. The predicted molar refractivity (Wildman–Crippen MR) is 70.6 cm³/mol. The van der Waals surface area contributed by atoms with E-state index < -0.39 is 29.5 Å². The molecule has 2 amide bonds. The van der Waals surface area contributed by atoms with Gasteiger partial charge in [0.1, 0.15) is 6.04 Å². The highest BCUT2D eigenvalue weighted by Gasteiger charge is 2.18. The fourth-order valence-corrected chi connectivity index (χ4v) is 1.65. The molecule has 108 valence electrons. The molecule has 0 saturated carbocycles. The van der Waals surface area contributed by atoms with Crippen LogP contribution in [-0.2, 0) is 16.0 Å². The van der Waals surface area contributed by atoms with Crippen molar-refractivity contribution in [2.75, 3.05) is 0 Å². The molecule has 0 aromatic heterocycles. The van der Waals surface area contributed by atoms with E-state index in [-0.39, 0.29) is 12.8 Å². The molecule has 20 heavy (non-hydrogen) atoms. The van der Waals surface area contributed by atoms with E-state index in [9.17, 15) is 18.4 Å². The zero-order chi connectivity index (χ0) is 15.3. The van der Waals surface area contributed by atoms with Gasteiger partial charge in [-0.15, -0.1) is 6.58 Å². The third-order valence-corrected chi connectivity index (χ3v) is 2.58. The normalized spacial score (nSPS) is 11.8. The van der Waals surface area contributed by atoms with Crippen LogP contribution in [0.5, 0.6) is 0 Å². The molecule has 0 unspecified atom stereocenters. The Morgan fingerprint density at radius 3 is 2.50 bits per heavy atom. The molecule has 3 N–H and O–H groups in total. The molecule has 1 rings (SSSR count). The van der Waals surface area contributed by atoms with Crippen molar-refractivity contribution in [3.8, 4) is 0 Å². The molecule has 1 atom stereocenters. The highest BCUT2D eigenvalue weighted by Crippen LogP contribution is 2.09. The summed E-state index contributed by atoms with van der Waals surface area (Å²) in [6.45, 7) is 5.35. The molecular formula is C14H16F2N2O2. The molecule has 0 aliphatic rings. The van der Waals surface area contributed by atoms with Crippen molar-refractivity contribution >= 4 is 11.8 Å². The maximum Gasteiger partial charge on any atom is 0.240 e. The van der Waals surface area contributed by atoms with Gasteiger partial charge < -0.3 is 11.1 Å². The first-order valence-corrected chi connectivity index (χ1v) is 5.96. The summed E-state index contributed by atoms with van der Waals surface area (Å²) in [6.07, 6.45) is 0.0655. The van der Waals surface area contributed by atoms with Gasteiger partial charge in [-0.3, -0.25) is 9.59 Å². The lowest BCUT2D eigenvalue weighted by Crippen LogP contribution is -2.45. The Bertz CT molecular complexity index is 544. The van der Waals surface area contributed by atoms with Gasteiger partial charge in [-0.1, -0.05) is 11.6 Å². The lowest BCUT2D eigenvalue weighted by atomic mass is 10.1. The quantitative estimate of drug-likeness (QED) is 0.775. The molecular weight excluding hydrogens is 266 g/mol. The summed E-state index contributed by atoms with van der Waals surface area (Å²) in [4.78, 5) is 22.9. The lowest BCUT2D eigenvalue weighted by Gasteiger charge is -2.15. The number of amides is 2. The van der Waals surface area contributed by atoms with Gasteiger partial charge in [0.05, 0.1) is 6.42 Å². The average Bonchev–Trinajstić information content (AvgIpc) is 2.32. The summed E-state index contributed by atoms with van der Waals surface area (Å²) in [5, 5.41) is 2.44. The SMILES string of the molecule is C=C(C)C[C@H](NC(=O)Cc1ccc(F)c(F)c1)C(N)=O. The topological polar surface area (TPSA) is 72.2 Å². The van der Waals surface area contributed by atoms with Crippen LogP contribution < -0.4 is 11.1 Å². The van der Waals surface area contributed by atoms with Crippen LogP contribution in [0.25, 0.3) is 0 Å². The average molecular weight is 282 g/mol. The van der Waals surface area contributed by atoms with Crippen molar-refractivity contribution < 1.29 is 18.4 Å². The Labute approximate surface area is 115 Å². The first-order valence-electron chi connectivity index (χ1n) is 5.96. The predicted octanol–water partition coefficient (Wildman–Crippen LogP) is 1.44.